The van der Waals surface area contributed by atoms with Gasteiger partial charge in [-0.1, -0.05) is 37.1 Å². The predicted molar refractivity (Wildman–Crippen MR) is 212 cm³/mol. The van der Waals surface area contributed by atoms with Crippen molar-refractivity contribution in [3.8, 4) is 35.4 Å². The van der Waals surface area contributed by atoms with E-state index in [0.717, 1.165) is 55.0 Å². The standard InChI is InChI=1S/C43H43FN6O7/c1-4-31-35(44)16-11-27-9-6-10-33(36(27)31)37-32(5-2)38-34(23-45-37)39(48-21-7-18-42(3,52)25-48)47-40(46-38)56-26-43-19-8-22-49(43)29(17-20-43)24-55-41(51)57-30-14-12-28(13-15-30)50(53)54/h1,6,9-16,23,29,52H,5,7-8,17-22,24-26H2,2-3H3/t29-,42+,43-/m0/s1. The number of halogens is 1. The van der Waals surface area contributed by atoms with Crippen molar-refractivity contribution < 1.29 is 33.4 Å². The number of nitro benzene ring substituents is 1. The first-order chi connectivity index (χ1) is 27.5. The molecule has 57 heavy (non-hydrogen) atoms. The lowest BCUT2D eigenvalue weighted by Gasteiger charge is -2.38. The number of benzene rings is 3. The van der Waals surface area contributed by atoms with E-state index in [1.807, 2.05) is 32.0 Å². The van der Waals surface area contributed by atoms with Gasteiger partial charge in [0.2, 0.25) is 0 Å². The molecule has 2 aromatic heterocycles. The molecule has 0 saturated carbocycles. The fourth-order valence-electron chi connectivity index (χ4n) is 8.99. The maximum absolute atomic E-state index is 15.1. The summed E-state index contributed by atoms with van der Waals surface area (Å²) in [5.74, 6) is 2.86. The normalized spacial score (nSPS) is 22.0. The highest BCUT2D eigenvalue weighted by atomic mass is 19.1. The zero-order chi connectivity index (χ0) is 39.9. The quantitative estimate of drug-likeness (QED) is 0.0495. The van der Waals surface area contributed by atoms with Crippen LogP contribution >= 0.6 is 0 Å². The number of pyridine rings is 1. The van der Waals surface area contributed by atoms with Gasteiger partial charge in [0.05, 0.1) is 38.2 Å². The van der Waals surface area contributed by atoms with Crippen LogP contribution in [0.15, 0.2) is 60.8 Å². The Morgan fingerprint density at radius 2 is 1.91 bits per heavy atom. The summed E-state index contributed by atoms with van der Waals surface area (Å²) >= 11 is 0. The van der Waals surface area contributed by atoms with Gasteiger partial charge in [0.1, 0.15) is 30.6 Å². The first kappa shape index (κ1) is 38.0. The number of ether oxygens (including phenoxy) is 3. The Morgan fingerprint density at radius 3 is 2.67 bits per heavy atom. The number of carbonyl (C=O) groups is 1. The second kappa shape index (κ2) is 15.2. The van der Waals surface area contributed by atoms with Gasteiger partial charge in [0, 0.05) is 54.0 Å². The number of aryl methyl sites for hydroxylation is 1. The Labute approximate surface area is 328 Å². The van der Waals surface area contributed by atoms with Gasteiger partial charge in [-0.3, -0.25) is 20.0 Å². The van der Waals surface area contributed by atoms with Crippen LogP contribution in [0.1, 0.15) is 63.5 Å². The van der Waals surface area contributed by atoms with Crippen molar-refractivity contribution in [2.24, 2.45) is 0 Å². The summed E-state index contributed by atoms with van der Waals surface area (Å²) in [6.45, 7) is 6.16. The lowest BCUT2D eigenvalue weighted by Crippen LogP contribution is -2.48. The lowest BCUT2D eigenvalue weighted by atomic mass is 9.93. The Balaban J connectivity index is 1.09. The molecule has 5 aromatic rings. The van der Waals surface area contributed by atoms with E-state index in [4.69, 9.17) is 35.6 Å². The molecule has 3 saturated heterocycles. The number of nitro groups is 1. The summed E-state index contributed by atoms with van der Waals surface area (Å²) in [6, 6.07) is 14.2. The van der Waals surface area contributed by atoms with Crippen LogP contribution in [0.25, 0.3) is 32.9 Å². The van der Waals surface area contributed by atoms with E-state index in [1.54, 1.807) is 12.3 Å². The summed E-state index contributed by atoms with van der Waals surface area (Å²) in [6.07, 6.45) is 12.2. The number of fused-ring (bicyclic) bond motifs is 3. The summed E-state index contributed by atoms with van der Waals surface area (Å²) in [7, 11) is 0. The van der Waals surface area contributed by atoms with E-state index in [0.29, 0.717) is 60.5 Å². The SMILES string of the molecule is C#Cc1c(F)ccc2cccc(-c3ncc4c(N5CCC[C@@](C)(O)C5)nc(OC[C@@]56CCCN5[C@H](COC(=O)Oc5ccc([N+](=O)[O-])cc5)CC6)nc4c3CC)c12. The molecule has 14 heteroatoms. The number of nitrogens with zero attached hydrogens (tertiary/aromatic N) is 6. The minimum absolute atomic E-state index is 0.0528. The van der Waals surface area contributed by atoms with Crippen molar-refractivity contribution in [3.63, 3.8) is 0 Å². The van der Waals surface area contributed by atoms with Crippen LogP contribution in [0.3, 0.4) is 0 Å². The molecule has 3 aliphatic heterocycles. The first-order valence-electron chi connectivity index (χ1n) is 19.3. The number of non-ortho nitro benzene ring substituents is 1. The molecule has 0 radical (unpaired) electrons. The molecular formula is C43H43FN6O7. The van der Waals surface area contributed by atoms with Crippen LogP contribution in [0, 0.1) is 28.3 Å². The zero-order valence-corrected chi connectivity index (χ0v) is 31.9. The summed E-state index contributed by atoms with van der Waals surface area (Å²) in [5.41, 5.74) is 1.69. The third-order valence-corrected chi connectivity index (χ3v) is 11.7. The molecule has 0 unspecified atom stereocenters. The van der Waals surface area contributed by atoms with Gasteiger partial charge >= 0.3 is 12.2 Å². The van der Waals surface area contributed by atoms with Crippen molar-refractivity contribution in [1.82, 2.24) is 19.9 Å². The molecule has 0 spiro atoms. The molecule has 13 nitrogen and oxygen atoms in total. The molecule has 294 valence electrons. The van der Waals surface area contributed by atoms with Gasteiger partial charge in [-0.25, -0.2) is 9.18 Å². The fraction of sp³-hybridized carbons (Fsp3) is 0.395. The second-order valence-electron chi connectivity index (χ2n) is 15.4. The number of rotatable bonds is 10. The fourth-order valence-corrected chi connectivity index (χ4v) is 8.99. The second-order valence-corrected chi connectivity index (χ2v) is 15.4. The van der Waals surface area contributed by atoms with Gasteiger partial charge in [-0.2, -0.15) is 9.97 Å². The molecular weight excluding hydrogens is 732 g/mol. The number of aromatic nitrogens is 3. The van der Waals surface area contributed by atoms with Crippen molar-refractivity contribution in [1.29, 1.82) is 0 Å². The molecule has 0 amide bonds. The van der Waals surface area contributed by atoms with Crippen LogP contribution < -0.4 is 14.4 Å². The number of β-amino-alcohol motifs (C(OH)–C–C–N with tert-alkyl or cyclic N) is 1. The van der Waals surface area contributed by atoms with E-state index in [9.17, 15) is 20.0 Å². The Hall–Kier alpha value is -5.91. The highest BCUT2D eigenvalue weighted by molar-refractivity contribution is 6.03. The number of hydrogen-bond acceptors (Lipinski definition) is 12. The van der Waals surface area contributed by atoms with Crippen molar-refractivity contribution in [3.05, 3.63) is 87.9 Å². The molecule has 0 aliphatic carbocycles. The van der Waals surface area contributed by atoms with Crippen molar-refractivity contribution in [2.75, 3.05) is 37.7 Å². The number of carbonyl (C=O) groups excluding carboxylic acids is 1. The molecule has 3 atom stereocenters. The van der Waals surface area contributed by atoms with Crippen LogP contribution in [-0.2, 0) is 11.2 Å². The number of hydrogen-bond donors (Lipinski definition) is 1. The Kier molecular flexibility index (Phi) is 10.1. The molecule has 3 aliphatic rings. The number of piperidine rings is 1. The van der Waals surface area contributed by atoms with Crippen LogP contribution in [0.4, 0.5) is 20.7 Å². The monoisotopic (exact) mass is 774 g/mol. The number of aliphatic hydroxyl groups is 1. The third kappa shape index (κ3) is 7.29. The van der Waals surface area contributed by atoms with Crippen molar-refractivity contribution in [2.45, 2.75) is 76.0 Å². The lowest BCUT2D eigenvalue weighted by molar-refractivity contribution is -0.384. The molecule has 1 N–H and O–H groups in total. The van der Waals surface area contributed by atoms with Gasteiger partial charge in [0.25, 0.3) is 5.69 Å². The molecule has 5 heterocycles. The van der Waals surface area contributed by atoms with E-state index in [1.165, 1.54) is 30.3 Å². The maximum atomic E-state index is 15.1. The summed E-state index contributed by atoms with van der Waals surface area (Å²) < 4.78 is 32.5. The smallest absolute Gasteiger partial charge is 0.461 e. The largest absolute Gasteiger partial charge is 0.513 e. The van der Waals surface area contributed by atoms with Crippen LogP contribution in [-0.4, -0.2) is 86.1 Å². The first-order valence-corrected chi connectivity index (χ1v) is 19.3. The summed E-state index contributed by atoms with van der Waals surface area (Å²) in [4.78, 5) is 42.4. The van der Waals surface area contributed by atoms with Gasteiger partial charge in [-0.15, -0.1) is 6.42 Å². The Morgan fingerprint density at radius 1 is 1.11 bits per heavy atom. The predicted octanol–water partition coefficient (Wildman–Crippen LogP) is 7.38. The van der Waals surface area contributed by atoms with E-state index < -0.39 is 22.5 Å². The average molecular weight is 775 g/mol. The van der Waals surface area contributed by atoms with E-state index >= 15 is 4.39 Å². The minimum Gasteiger partial charge on any atom is -0.461 e. The Bertz CT molecular complexity index is 2420. The van der Waals surface area contributed by atoms with Gasteiger partial charge in [0.15, 0.2) is 0 Å². The molecule has 8 rings (SSSR count). The zero-order valence-electron chi connectivity index (χ0n) is 31.9. The highest BCUT2D eigenvalue weighted by Crippen LogP contribution is 2.44. The average Bonchev–Trinajstić information content (AvgIpc) is 3.77. The minimum atomic E-state index is -0.908. The topological polar surface area (TPSA) is 153 Å². The third-order valence-electron chi connectivity index (χ3n) is 11.7. The molecule has 3 fully saturated rings. The van der Waals surface area contributed by atoms with E-state index in [-0.39, 0.29) is 41.2 Å². The van der Waals surface area contributed by atoms with Crippen LogP contribution in [0.5, 0.6) is 11.8 Å². The number of anilines is 1. The van der Waals surface area contributed by atoms with E-state index in [2.05, 4.69) is 15.7 Å². The molecule has 0 bridgehead atoms. The van der Waals surface area contributed by atoms with Crippen LogP contribution in [0.2, 0.25) is 0 Å². The van der Waals surface area contributed by atoms with Gasteiger partial charge < -0.3 is 24.2 Å². The maximum Gasteiger partial charge on any atom is 0.513 e. The van der Waals surface area contributed by atoms with Gasteiger partial charge in [-0.05, 0) is 82.0 Å². The summed E-state index contributed by atoms with van der Waals surface area (Å²) in [5, 5.41) is 24.2. The van der Waals surface area contributed by atoms with Crippen molar-refractivity contribution >= 4 is 39.3 Å². The molecule has 3 aromatic carbocycles. The highest BCUT2D eigenvalue weighted by Gasteiger charge is 2.50. The number of terminal acetylenes is 1.